The fourth-order valence-corrected chi connectivity index (χ4v) is 3.73. The van der Waals surface area contributed by atoms with E-state index in [9.17, 15) is 8.78 Å². The number of nitrogens with one attached hydrogen (secondary N) is 2. The Kier molecular flexibility index (Phi) is 4.65. The molecule has 0 radical (unpaired) electrons. The van der Waals surface area contributed by atoms with E-state index in [2.05, 4.69) is 30.6 Å². The van der Waals surface area contributed by atoms with E-state index in [4.69, 9.17) is 4.74 Å². The zero-order valence-corrected chi connectivity index (χ0v) is 16.6. The van der Waals surface area contributed by atoms with Gasteiger partial charge in [-0.05, 0) is 17.7 Å². The van der Waals surface area contributed by atoms with Gasteiger partial charge in [0.05, 0.1) is 19.2 Å². The highest BCUT2D eigenvalue weighted by molar-refractivity contribution is 5.58. The average molecular weight is 415 g/mol. The Morgan fingerprint density at radius 1 is 1.20 bits per heavy atom. The van der Waals surface area contributed by atoms with Gasteiger partial charge in [-0.25, -0.2) is 8.78 Å². The van der Waals surface area contributed by atoms with Crippen LogP contribution < -0.4 is 20.3 Å². The number of piperazine rings is 1. The van der Waals surface area contributed by atoms with E-state index in [1.807, 2.05) is 24.3 Å². The maximum Gasteiger partial charge on any atom is 0.256 e. The second-order valence-electron chi connectivity index (χ2n) is 7.64. The van der Waals surface area contributed by atoms with E-state index in [-0.39, 0.29) is 6.42 Å². The molecule has 2 fully saturated rings. The lowest BCUT2D eigenvalue weighted by Crippen LogP contribution is -2.44. The predicted octanol–water partition coefficient (Wildman–Crippen LogP) is 2.28. The van der Waals surface area contributed by atoms with Gasteiger partial charge in [0.15, 0.2) is 5.65 Å². The third-order valence-electron chi connectivity index (χ3n) is 5.59. The first-order valence-electron chi connectivity index (χ1n) is 10.0. The Morgan fingerprint density at radius 2 is 1.93 bits per heavy atom. The van der Waals surface area contributed by atoms with Crippen LogP contribution in [0.2, 0.25) is 0 Å². The molecule has 1 saturated heterocycles. The monoisotopic (exact) mass is 415 g/mol. The zero-order valence-electron chi connectivity index (χ0n) is 16.6. The predicted molar refractivity (Wildman–Crippen MR) is 108 cm³/mol. The van der Waals surface area contributed by atoms with Crippen LogP contribution in [0.5, 0.6) is 5.75 Å². The maximum absolute atomic E-state index is 13.7. The molecule has 1 aromatic carbocycles. The molecule has 1 aliphatic carbocycles. The molecule has 0 spiro atoms. The van der Waals surface area contributed by atoms with E-state index in [1.54, 1.807) is 7.11 Å². The van der Waals surface area contributed by atoms with Gasteiger partial charge in [-0.3, -0.25) is 0 Å². The summed E-state index contributed by atoms with van der Waals surface area (Å²) in [5.74, 6) is -1.70. The van der Waals surface area contributed by atoms with Crippen LogP contribution in [0.25, 0.3) is 5.65 Å². The van der Waals surface area contributed by atoms with Crippen molar-refractivity contribution in [2.45, 2.75) is 24.8 Å². The Morgan fingerprint density at radius 3 is 2.60 bits per heavy atom. The normalized spacial score (nSPS) is 20.4. The number of methoxy groups -OCH3 is 1. The Labute approximate surface area is 172 Å². The van der Waals surface area contributed by atoms with Crippen LogP contribution >= 0.6 is 0 Å². The fraction of sp³-hybridized carbons (Fsp3) is 0.450. The van der Waals surface area contributed by atoms with Crippen molar-refractivity contribution >= 4 is 17.5 Å². The highest BCUT2D eigenvalue weighted by Crippen LogP contribution is 2.56. The van der Waals surface area contributed by atoms with Gasteiger partial charge in [0.25, 0.3) is 5.92 Å². The molecule has 3 aromatic rings. The van der Waals surface area contributed by atoms with E-state index in [1.165, 1.54) is 10.7 Å². The van der Waals surface area contributed by atoms with Crippen LogP contribution in [-0.4, -0.2) is 58.8 Å². The van der Waals surface area contributed by atoms with Crippen LogP contribution in [0.15, 0.2) is 30.5 Å². The number of rotatable bonds is 6. The summed E-state index contributed by atoms with van der Waals surface area (Å²) in [4.78, 5) is 11.4. The number of nitrogens with zero attached hydrogens (tertiary/aromatic N) is 5. The summed E-state index contributed by atoms with van der Waals surface area (Å²) in [6.07, 6.45) is 1.34. The van der Waals surface area contributed by atoms with Crippen LogP contribution in [0.1, 0.15) is 23.5 Å². The molecular weight excluding hydrogens is 392 g/mol. The standard InChI is InChI=1S/C20H23F2N7O/c1-30-14-4-2-13(3-5-14)11-24-18-27-19(28-8-6-23-7-9-28)26-17-15(12-25-29(17)18)16-10-20(16,21)22/h2-5,12,16,23H,6-11H2,1H3,(H,24,26,27)/t16-/m0/s1. The number of halogens is 2. The topological polar surface area (TPSA) is 79.6 Å². The summed E-state index contributed by atoms with van der Waals surface area (Å²) in [7, 11) is 1.63. The smallest absolute Gasteiger partial charge is 0.256 e. The summed E-state index contributed by atoms with van der Waals surface area (Å²) in [6.45, 7) is 3.69. The van der Waals surface area contributed by atoms with Crippen molar-refractivity contribution in [2.24, 2.45) is 0 Å². The Bertz CT molecular complexity index is 1050. The molecule has 0 bridgehead atoms. The van der Waals surface area contributed by atoms with Gasteiger partial charge < -0.3 is 20.3 Å². The van der Waals surface area contributed by atoms with Crippen molar-refractivity contribution in [3.63, 3.8) is 0 Å². The molecule has 0 unspecified atom stereocenters. The van der Waals surface area contributed by atoms with Gasteiger partial charge in [0, 0.05) is 44.7 Å². The van der Waals surface area contributed by atoms with Crippen LogP contribution in [0.4, 0.5) is 20.7 Å². The fourth-order valence-electron chi connectivity index (χ4n) is 3.73. The lowest BCUT2D eigenvalue weighted by atomic mass is 10.2. The van der Waals surface area contributed by atoms with Gasteiger partial charge in [-0.2, -0.15) is 19.6 Å². The molecule has 10 heteroatoms. The second kappa shape index (κ2) is 7.35. The minimum Gasteiger partial charge on any atom is -0.497 e. The molecule has 1 saturated carbocycles. The summed E-state index contributed by atoms with van der Waals surface area (Å²) < 4.78 is 34.2. The largest absolute Gasteiger partial charge is 0.497 e. The number of aromatic nitrogens is 4. The third-order valence-corrected chi connectivity index (χ3v) is 5.59. The number of ether oxygens (including phenoxy) is 1. The number of hydrogen-bond acceptors (Lipinski definition) is 7. The van der Waals surface area contributed by atoms with E-state index >= 15 is 0 Å². The first kappa shape index (κ1) is 19.0. The van der Waals surface area contributed by atoms with Gasteiger partial charge >= 0.3 is 0 Å². The van der Waals surface area contributed by atoms with Crippen molar-refractivity contribution in [1.29, 1.82) is 0 Å². The first-order chi connectivity index (χ1) is 14.5. The highest BCUT2D eigenvalue weighted by Gasteiger charge is 2.59. The first-order valence-corrected chi connectivity index (χ1v) is 10.0. The zero-order chi connectivity index (χ0) is 20.7. The molecular formula is C20H23F2N7O. The number of fused-ring (bicyclic) bond motifs is 1. The van der Waals surface area contributed by atoms with Crippen molar-refractivity contribution < 1.29 is 13.5 Å². The number of alkyl halides is 2. The van der Waals surface area contributed by atoms with Gasteiger partial charge in [0.2, 0.25) is 11.9 Å². The molecule has 3 heterocycles. The van der Waals surface area contributed by atoms with Crippen molar-refractivity contribution in [1.82, 2.24) is 24.9 Å². The Hall–Kier alpha value is -3.01. The molecule has 0 amide bonds. The lowest BCUT2D eigenvalue weighted by molar-refractivity contribution is 0.112. The second-order valence-corrected chi connectivity index (χ2v) is 7.64. The summed E-state index contributed by atoms with van der Waals surface area (Å²) >= 11 is 0. The molecule has 2 aliphatic rings. The number of hydrogen-bond donors (Lipinski definition) is 2. The third kappa shape index (κ3) is 3.51. The number of anilines is 2. The van der Waals surface area contributed by atoms with Crippen molar-refractivity contribution in [3.05, 3.63) is 41.6 Å². The van der Waals surface area contributed by atoms with Crippen LogP contribution in [-0.2, 0) is 6.54 Å². The van der Waals surface area contributed by atoms with E-state index in [0.29, 0.717) is 29.7 Å². The van der Waals surface area contributed by atoms with Crippen LogP contribution in [0.3, 0.4) is 0 Å². The molecule has 30 heavy (non-hydrogen) atoms. The molecule has 1 aliphatic heterocycles. The van der Waals surface area contributed by atoms with Crippen LogP contribution in [0, 0.1) is 0 Å². The molecule has 5 rings (SSSR count). The Balaban J connectivity index is 1.48. The highest BCUT2D eigenvalue weighted by atomic mass is 19.3. The summed E-state index contributed by atoms with van der Waals surface area (Å²) in [5, 5.41) is 10.9. The molecule has 2 N–H and O–H groups in total. The summed E-state index contributed by atoms with van der Waals surface area (Å²) in [6, 6.07) is 7.70. The maximum atomic E-state index is 13.7. The van der Waals surface area contributed by atoms with Gasteiger partial charge in [-0.15, -0.1) is 0 Å². The number of benzene rings is 1. The lowest BCUT2D eigenvalue weighted by Gasteiger charge is -2.27. The minimum absolute atomic E-state index is 0.157. The van der Waals surface area contributed by atoms with E-state index in [0.717, 1.165) is 37.5 Å². The summed E-state index contributed by atoms with van der Waals surface area (Å²) in [5.41, 5.74) is 1.96. The molecule has 2 aromatic heterocycles. The molecule has 158 valence electrons. The minimum atomic E-state index is -2.68. The average Bonchev–Trinajstić information content (AvgIpc) is 3.20. The van der Waals surface area contributed by atoms with Gasteiger partial charge in [-0.1, -0.05) is 12.1 Å². The van der Waals surface area contributed by atoms with Crippen molar-refractivity contribution in [2.75, 3.05) is 43.5 Å². The molecule has 8 nitrogen and oxygen atoms in total. The van der Waals surface area contributed by atoms with E-state index < -0.39 is 11.8 Å². The SMILES string of the molecule is COc1ccc(CNc2nc(N3CCNCC3)nc3c([C@@H]4CC4(F)F)cnn23)cc1. The van der Waals surface area contributed by atoms with Gasteiger partial charge in [0.1, 0.15) is 5.75 Å². The molecule has 1 atom stereocenters. The van der Waals surface area contributed by atoms with Crippen molar-refractivity contribution in [3.8, 4) is 5.75 Å². The quantitative estimate of drug-likeness (QED) is 0.639.